The van der Waals surface area contributed by atoms with Crippen molar-refractivity contribution in [3.8, 4) is 28.4 Å². The Labute approximate surface area is 304 Å². The number of carbonyl (C=O) groups excluding carboxylic acids is 1. The zero-order chi connectivity index (χ0) is 36.3. The Morgan fingerprint density at radius 1 is 0.882 bits per heavy atom. The second-order valence-electron chi connectivity index (χ2n) is 11.5. The van der Waals surface area contributed by atoms with E-state index in [1.54, 1.807) is 29.2 Å². The van der Waals surface area contributed by atoms with Gasteiger partial charge in [0, 0.05) is 42.4 Å². The molecule has 0 saturated heterocycles. The van der Waals surface area contributed by atoms with E-state index in [0.29, 0.717) is 57.5 Å². The van der Waals surface area contributed by atoms with Gasteiger partial charge in [-0.3, -0.25) is 14.9 Å². The lowest BCUT2D eigenvalue weighted by molar-refractivity contribution is -0.140. The van der Waals surface area contributed by atoms with Crippen LogP contribution in [0.15, 0.2) is 77.4 Å². The third-order valence-electron chi connectivity index (χ3n) is 8.15. The highest BCUT2D eigenvalue weighted by molar-refractivity contribution is 6.34. The van der Waals surface area contributed by atoms with E-state index in [0.717, 1.165) is 16.7 Å². The molecular formula is C37H38Cl2N4O8. The summed E-state index contributed by atoms with van der Waals surface area (Å²) >= 11 is 13.6. The van der Waals surface area contributed by atoms with Gasteiger partial charge in [0.05, 0.1) is 29.7 Å². The Hall–Kier alpha value is -4.88. The SMILES string of the molecule is CCN(CC)C(=O)CCOc1cccc(-c2cccc(COc3cc(OCc4ccc5nonc5c4)c(CN[C@H](CO)C(=O)O)cc3Cl)c2Cl)c1. The smallest absolute Gasteiger partial charge is 0.323 e. The maximum atomic E-state index is 12.4. The number of carboxylic acids is 1. The fourth-order valence-electron chi connectivity index (χ4n) is 5.31. The van der Waals surface area contributed by atoms with Gasteiger partial charge in [-0.05, 0) is 65.6 Å². The number of rotatable bonds is 18. The molecule has 1 aromatic heterocycles. The van der Waals surface area contributed by atoms with Crippen LogP contribution in [0.2, 0.25) is 10.0 Å². The van der Waals surface area contributed by atoms with Crippen LogP contribution >= 0.6 is 23.2 Å². The number of benzene rings is 4. The average molecular weight is 738 g/mol. The molecule has 5 rings (SSSR count). The zero-order valence-corrected chi connectivity index (χ0v) is 29.6. The predicted octanol–water partition coefficient (Wildman–Crippen LogP) is 6.53. The van der Waals surface area contributed by atoms with Crippen LogP contribution in [-0.4, -0.2) is 69.6 Å². The summed E-state index contributed by atoms with van der Waals surface area (Å²) in [6, 6.07) is 20.6. The van der Waals surface area contributed by atoms with Crippen LogP contribution in [0.4, 0.5) is 0 Å². The van der Waals surface area contributed by atoms with Crippen molar-refractivity contribution in [2.75, 3.05) is 26.3 Å². The first-order valence-electron chi connectivity index (χ1n) is 16.3. The molecule has 0 aliphatic rings. The van der Waals surface area contributed by atoms with Crippen molar-refractivity contribution >= 4 is 46.1 Å². The number of aliphatic hydroxyl groups is 1. The molecule has 12 nitrogen and oxygen atoms in total. The number of carboxylic acid groups (broad SMARTS) is 1. The number of hydrogen-bond donors (Lipinski definition) is 3. The molecule has 0 bridgehead atoms. The van der Waals surface area contributed by atoms with Crippen molar-refractivity contribution in [3.63, 3.8) is 0 Å². The molecule has 0 fully saturated rings. The maximum Gasteiger partial charge on any atom is 0.323 e. The van der Waals surface area contributed by atoms with Crippen molar-refractivity contribution in [1.29, 1.82) is 0 Å². The van der Waals surface area contributed by atoms with E-state index in [9.17, 15) is 19.8 Å². The van der Waals surface area contributed by atoms with Gasteiger partial charge in [-0.1, -0.05) is 59.6 Å². The molecule has 268 valence electrons. The van der Waals surface area contributed by atoms with Gasteiger partial charge < -0.3 is 29.3 Å². The minimum absolute atomic E-state index is 0.0436. The lowest BCUT2D eigenvalue weighted by Gasteiger charge is -2.18. The van der Waals surface area contributed by atoms with Crippen LogP contribution < -0.4 is 19.5 Å². The van der Waals surface area contributed by atoms with Crippen molar-refractivity contribution in [1.82, 2.24) is 20.5 Å². The second kappa shape index (κ2) is 17.9. The Balaban J connectivity index is 1.31. The molecule has 5 aromatic rings. The summed E-state index contributed by atoms with van der Waals surface area (Å²) in [7, 11) is 0. The molecule has 14 heteroatoms. The molecule has 0 unspecified atom stereocenters. The van der Waals surface area contributed by atoms with Gasteiger partial charge >= 0.3 is 5.97 Å². The summed E-state index contributed by atoms with van der Waals surface area (Å²) < 4.78 is 23.0. The Kier molecular flexibility index (Phi) is 13.1. The van der Waals surface area contributed by atoms with Gasteiger partial charge in [0.15, 0.2) is 0 Å². The Morgan fingerprint density at radius 3 is 2.41 bits per heavy atom. The molecule has 3 N–H and O–H groups in total. The van der Waals surface area contributed by atoms with E-state index in [1.807, 2.05) is 62.4 Å². The van der Waals surface area contributed by atoms with E-state index in [4.69, 9.17) is 42.0 Å². The minimum atomic E-state index is -1.19. The number of ether oxygens (including phenoxy) is 3. The number of fused-ring (bicyclic) bond motifs is 1. The van der Waals surface area contributed by atoms with E-state index in [1.165, 1.54) is 0 Å². The topological polar surface area (TPSA) is 156 Å². The third-order valence-corrected chi connectivity index (χ3v) is 8.90. The van der Waals surface area contributed by atoms with E-state index < -0.39 is 18.6 Å². The molecule has 1 heterocycles. The van der Waals surface area contributed by atoms with Crippen molar-refractivity contribution in [2.24, 2.45) is 0 Å². The van der Waals surface area contributed by atoms with Gasteiger partial charge in [-0.2, -0.15) is 0 Å². The molecule has 4 aromatic carbocycles. The predicted molar refractivity (Wildman–Crippen MR) is 192 cm³/mol. The van der Waals surface area contributed by atoms with Gasteiger partial charge in [0.25, 0.3) is 0 Å². The van der Waals surface area contributed by atoms with Crippen LogP contribution in [0.25, 0.3) is 22.2 Å². The van der Waals surface area contributed by atoms with Crippen molar-refractivity contribution in [2.45, 2.75) is 46.1 Å². The molecule has 1 amide bonds. The number of aliphatic carboxylic acids is 1. The Morgan fingerprint density at radius 2 is 1.65 bits per heavy atom. The van der Waals surface area contributed by atoms with E-state index in [-0.39, 0.29) is 43.7 Å². The molecular weight excluding hydrogens is 699 g/mol. The summed E-state index contributed by atoms with van der Waals surface area (Å²) in [5.41, 5.74) is 4.84. The van der Waals surface area contributed by atoms with Crippen molar-refractivity contribution in [3.05, 3.63) is 99.5 Å². The zero-order valence-electron chi connectivity index (χ0n) is 28.1. The number of nitrogens with one attached hydrogen (secondary N) is 1. The minimum Gasteiger partial charge on any atom is -0.493 e. The summed E-state index contributed by atoms with van der Waals surface area (Å²) in [6.45, 7) is 5.15. The summed E-state index contributed by atoms with van der Waals surface area (Å²) in [5.74, 6) is 0.185. The van der Waals surface area contributed by atoms with Crippen molar-refractivity contribution < 1.29 is 38.6 Å². The Bertz CT molecular complexity index is 1970. The lowest BCUT2D eigenvalue weighted by Crippen LogP contribution is -2.39. The molecule has 0 radical (unpaired) electrons. The number of carbonyl (C=O) groups is 2. The van der Waals surface area contributed by atoms with Crippen LogP contribution in [0.5, 0.6) is 17.2 Å². The van der Waals surface area contributed by atoms with Gasteiger partial charge in [-0.25, -0.2) is 4.63 Å². The fourth-order valence-corrected chi connectivity index (χ4v) is 5.84. The van der Waals surface area contributed by atoms with E-state index >= 15 is 0 Å². The molecule has 0 saturated carbocycles. The monoisotopic (exact) mass is 736 g/mol. The number of halogens is 2. The van der Waals surface area contributed by atoms with Gasteiger partial charge in [0.2, 0.25) is 5.91 Å². The van der Waals surface area contributed by atoms with Gasteiger partial charge in [-0.15, -0.1) is 0 Å². The largest absolute Gasteiger partial charge is 0.493 e. The lowest BCUT2D eigenvalue weighted by atomic mass is 10.0. The van der Waals surface area contributed by atoms with Crippen LogP contribution in [0.3, 0.4) is 0 Å². The highest BCUT2D eigenvalue weighted by atomic mass is 35.5. The van der Waals surface area contributed by atoms with Gasteiger partial charge in [0.1, 0.15) is 47.5 Å². The number of aliphatic hydroxyl groups excluding tert-OH is 1. The van der Waals surface area contributed by atoms with E-state index in [2.05, 4.69) is 15.6 Å². The quantitative estimate of drug-likeness (QED) is 0.0899. The summed E-state index contributed by atoms with van der Waals surface area (Å²) in [5, 5.41) is 30.1. The number of aromatic nitrogens is 2. The molecule has 1 atom stereocenters. The summed E-state index contributed by atoms with van der Waals surface area (Å²) in [6.07, 6.45) is 0.286. The fraction of sp³-hybridized carbons (Fsp3) is 0.297. The molecule has 51 heavy (non-hydrogen) atoms. The van der Waals surface area contributed by atoms with Crippen LogP contribution in [0.1, 0.15) is 37.0 Å². The standard InChI is InChI=1S/C37H38Cl2N4O8/c1-3-43(4-2)35(45)13-14-48-27-9-5-7-24(16-27)28-10-6-8-25(36(28)39)22-50-34-18-33(26(17-29(34)38)19-40-32(20-44)37(46)47)49-21-23-11-12-30-31(15-23)42-51-41-30/h5-12,15-18,32,40,44H,3-4,13-14,19-22H2,1-2H3,(H,46,47)/t32-/m1/s1. The maximum absolute atomic E-state index is 12.4. The number of nitrogens with zero attached hydrogens (tertiary/aromatic N) is 3. The van der Waals surface area contributed by atoms with Crippen LogP contribution in [0, 0.1) is 0 Å². The average Bonchev–Trinajstić information content (AvgIpc) is 3.60. The molecule has 0 aliphatic carbocycles. The highest BCUT2D eigenvalue weighted by Gasteiger charge is 2.19. The first-order valence-corrected chi connectivity index (χ1v) is 17.1. The second-order valence-corrected chi connectivity index (χ2v) is 12.3. The number of amides is 1. The first kappa shape index (κ1) is 37.4. The molecule has 0 aliphatic heterocycles. The molecule has 0 spiro atoms. The highest BCUT2D eigenvalue weighted by Crippen LogP contribution is 2.36. The summed E-state index contributed by atoms with van der Waals surface area (Å²) in [4.78, 5) is 25.6. The van der Waals surface area contributed by atoms with Crippen LogP contribution in [-0.2, 0) is 29.3 Å². The third kappa shape index (κ3) is 9.67. The normalized spacial score (nSPS) is 11.7. The first-order chi connectivity index (χ1) is 24.7. The number of hydrogen-bond acceptors (Lipinski definition) is 10.